The van der Waals surface area contributed by atoms with E-state index in [-0.39, 0.29) is 56.4 Å². The number of aliphatic carboxylic acids is 3. The van der Waals surface area contributed by atoms with Crippen molar-refractivity contribution < 1.29 is 63.0 Å². The third-order valence-electron chi connectivity index (χ3n) is 9.12. The number of hydrogen-bond donors (Lipinski definition) is 7. The van der Waals surface area contributed by atoms with Crippen molar-refractivity contribution in [3.05, 3.63) is 0 Å². The van der Waals surface area contributed by atoms with Crippen LogP contribution < -0.4 is 21.3 Å². The molecule has 0 aliphatic carbocycles. The minimum Gasteiger partial charge on any atom is -0.481 e. The number of carboxylic acid groups (broad SMARTS) is 3. The molecule has 0 bridgehead atoms. The Morgan fingerprint density at radius 2 is 0.842 bits per heavy atom. The Bertz CT molecular complexity index is 1070. The highest BCUT2D eigenvalue weighted by Crippen LogP contribution is 2.13. The van der Waals surface area contributed by atoms with Gasteiger partial charge < -0.3 is 55.5 Å². The molecule has 0 saturated heterocycles. The molecule has 0 aromatic rings. The summed E-state index contributed by atoms with van der Waals surface area (Å²) in [5.41, 5.74) is 0. The van der Waals surface area contributed by atoms with Crippen LogP contribution in [0.4, 0.5) is 0 Å². The van der Waals surface area contributed by atoms with Gasteiger partial charge in [0.2, 0.25) is 17.7 Å². The number of ether oxygens (including phenoxy) is 4. The van der Waals surface area contributed by atoms with E-state index in [1.54, 1.807) is 7.05 Å². The maximum Gasteiger partial charge on any atom is 0.326 e. The molecule has 0 fully saturated rings. The van der Waals surface area contributed by atoms with Crippen molar-refractivity contribution in [1.29, 1.82) is 0 Å². The minimum absolute atomic E-state index is 0.116. The summed E-state index contributed by atoms with van der Waals surface area (Å²) in [5.74, 6) is -3.33. The van der Waals surface area contributed by atoms with Crippen molar-refractivity contribution in [3.63, 3.8) is 0 Å². The first-order valence-corrected chi connectivity index (χ1v) is 21.0. The summed E-state index contributed by atoms with van der Waals surface area (Å²) in [5, 5.41) is 38.0. The molecule has 0 unspecified atom stereocenters. The predicted molar refractivity (Wildman–Crippen MR) is 214 cm³/mol. The van der Waals surface area contributed by atoms with E-state index in [2.05, 4.69) is 21.3 Å². The molecule has 7 N–H and O–H groups in total. The number of carbonyl (C=O) groups is 6. The maximum absolute atomic E-state index is 12.3. The lowest BCUT2D eigenvalue weighted by Gasteiger charge is -2.14. The van der Waals surface area contributed by atoms with Gasteiger partial charge in [-0.25, -0.2) is 4.79 Å². The molecule has 57 heavy (non-hydrogen) atoms. The van der Waals surface area contributed by atoms with Crippen LogP contribution in [0.15, 0.2) is 0 Å². The highest BCUT2D eigenvalue weighted by molar-refractivity contribution is 5.83. The predicted octanol–water partition coefficient (Wildman–Crippen LogP) is 3.80. The normalized spacial score (nSPS) is 12.2. The summed E-state index contributed by atoms with van der Waals surface area (Å²) in [6.07, 6.45) is 15.8. The molecule has 0 heterocycles. The van der Waals surface area contributed by atoms with E-state index in [4.69, 9.17) is 29.2 Å². The summed E-state index contributed by atoms with van der Waals surface area (Å²) in [6.45, 7) is 3.58. The zero-order valence-corrected chi connectivity index (χ0v) is 34.5. The third-order valence-corrected chi connectivity index (χ3v) is 9.12. The van der Waals surface area contributed by atoms with Crippen molar-refractivity contribution in [3.8, 4) is 0 Å². The van der Waals surface area contributed by atoms with Gasteiger partial charge in [0, 0.05) is 38.8 Å². The molecule has 0 radical (unpaired) electrons. The van der Waals surface area contributed by atoms with E-state index < -0.39 is 30.0 Å². The summed E-state index contributed by atoms with van der Waals surface area (Å²) in [7, 11) is 1.61. The number of nitrogens with one attached hydrogen (secondary N) is 4. The van der Waals surface area contributed by atoms with E-state index in [0.717, 1.165) is 51.4 Å². The Labute approximate surface area is 339 Å². The van der Waals surface area contributed by atoms with Gasteiger partial charge in [-0.1, -0.05) is 64.2 Å². The van der Waals surface area contributed by atoms with Crippen LogP contribution in [0.3, 0.4) is 0 Å². The molecule has 0 aliphatic rings. The number of unbranched alkanes of at least 4 members (excludes halogenated alkanes) is 12. The molecule has 3 amide bonds. The second-order valence-electron chi connectivity index (χ2n) is 14.1. The standard InChI is InChI=1S/C40H74N4O13/c1-41-33(39(50)51)17-14-15-23-42-36(46)22-25-54-27-29-56-31-32-57-30-28-55-26-24-43-35(45)20-16-18-34(40(52)53)44-37(47)19-12-10-8-6-4-2-3-5-7-9-11-13-21-38(48)49/h33-34,41H,2-32H2,1H3,(H,42,46)(H,43,45)(H,44,47)(H,48,49)(H,50,51)(H,52,53)/t33-,34-/m0/s1. The van der Waals surface area contributed by atoms with Gasteiger partial charge in [0.25, 0.3) is 0 Å². The van der Waals surface area contributed by atoms with Crippen LogP contribution in [0.25, 0.3) is 0 Å². The van der Waals surface area contributed by atoms with Crippen molar-refractivity contribution in [1.82, 2.24) is 21.3 Å². The fourth-order valence-corrected chi connectivity index (χ4v) is 5.78. The maximum atomic E-state index is 12.3. The van der Waals surface area contributed by atoms with Crippen LogP contribution in [0.1, 0.15) is 135 Å². The number of hydrogen-bond acceptors (Lipinski definition) is 11. The average molecular weight is 819 g/mol. The molecule has 17 nitrogen and oxygen atoms in total. The molecule has 0 aromatic carbocycles. The van der Waals surface area contributed by atoms with Crippen molar-refractivity contribution >= 4 is 35.6 Å². The SMILES string of the molecule is CN[C@@H](CCCCNC(=O)CCOCCOCCOCCOCCNC(=O)CCC[C@H](NC(=O)CCCCCCCCCCCCCCC(=O)O)C(=O)O)C(=O)O. The van der Waals surface area contributed by atoms with Crippen LogP contribution in [0.2, 0.25) is 0 Å². The zero-order valence-electron chi connectivity index (χ0n) is 34.5. The van der Waals surface area contributed by atoms with E-state index in [0.29, 0.717) is 91.4 Å². The Balaban J connectivity index is 3.59. The lowest BCUT2D eigenvalue weighted by molar-refractivity contribution is -0.142. The summed E-state index contributed by atoms with van der Waals surface area (Å²) < 4.78 is 21.7. The largest absolute Gasteiger partial charge is 0.481 e. The molecule has 0 saturated carbocycles. The Morgan fingerprint density at radius 1 is 0.421 bits per heavy atom. The van der Waals surface area contributed by atoms with Gasteiger partial charge in [0.15, 0.2) is 0 Å². The number of carboxylic acids is 3. The molecular weight excluding hydrogens is 744 g/mol. The second-order valence-corrected chi connectivity index (χ2v) is 14.1. The van der Waals surface area contributed by atoms with Crippen LogP contribution in [-0.4, -0.2) is 136 Å². The van der Waals surface area contributed by atoms with Crippen LogP contribution >= 0.6 is 0 Å². The quantitative estimate of drug-likeness (QED) is 0.0433. The topological polar surface area (TPSA) is 248 Å². The fourth-order valence-electron chi connectivity index (χ4n) is 5.78. The number of amides is 3. The monoisotopic (exact) mass is 819 g/mol. The molecular formula is C40H74N4O13. The zero-order chi connectivity index (χ0) is 42.2. The van der Waals surface area contributed by atoms with Crippen LogP contribution in [-0.2, 0) is 47.7 Å². The molecule has 332 valence electrons. The Kier molecular flexibility index (Phi) is 37.1. The first-order valence-electron chi connectivity index (χ1n) is 21.0. The fraction of sp³-hybridized carbons (Fsp3) is 0.850. The lowest BCUT2D eigenvalue weighted by Crippen LogP contribution is -2.40. The molecule has 2 atom stereocenters. The lowest BCUT2D eigenvalue weighted by atomic mass is 10.0. The third kappa shape index (κ3) is 37.9. The van der Waals surface area contributed by atoms with Gasteiger partial charge in [-0.3, -0.25) is 24.0 Å². The summed E-state index contributed by atoms with van der Waals surface area (Å²) >= 11 is 0. The van der Waals surface area contributed by atoms with Crippen molar-refractivity contribution in [2.75, 3.05) is 73.0 Å². The van der Waals surface area contributed by atoms with Gasteiger partial charge in [-0.2, -0.15) is 0 Å². The Morgan fingerprint density at radius 3 is 1.35 bits per heavy atom. The van der Waals surface area contributed by atoms with Gasteiger partial charge in [0.05, 0.1) is 52.9 Å². The van der Waals surface area contributed by atoms with Gasteiger partial charge in [-0.15, -0.1) is 0 Å². The smallest absolute Gasteiger partial charge is 0.326 e. The van der Waals surface area contributed by atoms with Crippen LogP contribution in [0.5, 0.6) is 0 Å². The van der Waals surface area contributed by atoms with Crippen LogP contribution in [0, 0.1) is 0 Å². The summed E-state index contributed by atoms with van der Waals surface area (Å²) in [6, 6.07) is -1.59. The number of carbonyl (C=O) groups excluding carboxylic acids is 3. The minimum atomic E-state index is -1.11. The Hall–Kier alpha value is -3.38. The highest BCUT2D eigenvalue weighted by atomic mass is 16.6. The van der Waals surface area contributed by atoms with E-state index in [9.17, 15) is 33.9 Å². The van der Waals surface area contributed by atoms with Crippen molar-refractivity contribution in [2.45, 2.75) is 147 Å². The molecule has 0 aromatic heterocycles. The average Bonchev–Trinajstić information content (AvgIpc) is 3.17. The number of rotatable bonds is 43. The molecule has 0 spiro atoms. The highest BCUT2D eigenvalue weighted by Gasteiger charge is 2.20. The first kappa shape index (κ1) is 53.6. The van der Waals surface area contributed by atoms with Gasteiger partial charge in [0.1, 0.15) is 12.1 Å². The van der Waals surface area contributed by atoms with Gasteiger partial charge in [-0.05, 0) is 52.0 Å². The summed E-state index contributed by atoms with van der Waals surface area (Å²) in [4.78, 5) is 69.3. The molecule has 17 heteroatoms. The van der Waals surface area contributed by atoms with E-state index in [1.807, 2.05) is 0 Å². The van der Waals surface area contributed by atoms with E-state index >= 15 is 0 Å². The molecule has 0 rings (SSSR count). The van der Waals surface area contributed by atoms with E-state index in [1.165, 1.54) is 19.3 Å². The molecule has 0 aliphatic heterocycles. The van der Waals surface area contributed by atoms with Crippen molar-refractivity contribution in [2.24, 2.45) is 0 Å². The second kappa shape index (κ2) is 39.4. The van der Waals surface area contributed by atoms with Gasteiger partial charge >= 0.3 is 17.9 Å². The number of likely N-dealkylation sites (N-methyl/N-ethyl adjacent to an activating group) is 1. The first-order chi connectivity index (χ1) is 27.6.